The summed E-state index contributed by atoms with van der Waals surface area (Å²) in [5.74, 6) is 0.908. The van der Waals surface area contributed by atoms with E-state index in [2.05, 4.69) is 93.5 Å². The van der Waals surface area contributed by atoms with Crippen LogP contribution >= 0.6 is 11.3 Å². The quantitative estimate of drug-likeness (QED) is 0.420. The maximum Gasteiger partial charge on any atom is 0.262 e. The monoisotopic (exact) mass is 433 g/mol. The molecule has 31 heavy (non-hydrogen) atoms. The Bertz CT molecular complexity index is 1200. The van der Waals surface area contributed by atoms with Gasteiger partial charge in [0.05, 0.1) is 7.11 Å². The number of nitrogens with zero attached hydrogens (tertiary/aromatic N) is 2. The van der Waals surface area contributed by atoms with Crippen molar-refractivity contribution in [2.45, 2.75) is 53.5 Å². The van der Waals surface area contributed by atoms with Gasteiger partial charge in [-0.25, -0.2) is 0 Å². The van der Waals surface area contributed by atoms with E-state index in [1.54, 1.807) is 7.11 Å². The molecule has 0 unspecified atom stereocenters. The fraction of sp³-hybridized carbons (Fsp3) is 0.370. The summed E-state index contributed by atoms with van der Waals surface area (Å²) in [7, 11) is 1.72. The Morgan fingerprint density at radius 2 is 1.94 bits per heavy atom. The van der Waals surface area contributed by atoms with Gasteiger partial charge in [-0.1, -0.05) is 42.9 Å². The fourth-order valence-electron chi connectivity index (χ4n) is 4.69. The molecule has 0 fully saturated rings. The zero-order valence-electron chi connectivity index (χ0n) is 19.7. The average Bonchev–Trinajstić information content (AvgIpc) is 3.19. The highest BCUT2D eigenvalue weighted by atomic mass is 32.1. The third-order valence-corrected chi connectivity index (χ3v) is 7.43. The second kappa shape index (κ2) is 8.16. The smallest absolute Gasteiger partial charge is 0.262 e. The van der Waals surface area contributed by atoms with E-state index in [9.17, 15) is 0 Å². The van der Waals surface area contributed by atoms with Crippen LogP contribution in [0.1, 0.15) is 50.8 Å². The van der Waals surface area contributed by atoms with Crippen molar-refractivity contribution in [1.29, 1.82) is 0 Å². The number of thiazole rings is 1. The van der Waals surface area contributed by atoms with E-state index in [1.807, 2.05) is 17.4 Å². The summed E-state index contributed by atoms with van der Waals surface area (Å²) in [5, 5.41) is 1.27. The van der Waals surface area contributed by atoms with E-state index in [4.69, 9.17) is 4.74 Å². The molecule has 2 heterocycles. The number of anilines is 1. The number of aromatic nitrogens is 1. The van der Waals surface area contributed by atoms with Gasteiger partial charge in [0.2, 0.25) is 5.52 Å². The number of benzene rings is 2. The van der Waals surface area contributed by atoms with E-state index in [-0.39, 0.29) is 5.41 Å². The van der Waals surface area contributed by atoms with Crippen LogP contribution in [0.5, 0.6) is 5.75 Å². The lowest BCUT2D eigenvalue weighted by Gasteiger charge is -2.26. The molecule has 3 aromatic rings. The van der Waals surface area contributed by atoms with Gasteiger partial charge in [-0.3, -0.25) is 0 Å². The third kappa shape index (κ3) is 3.67. The highest BCUT2D eigenvalue weighted by Gasteiger charge is 2.39. The van der Waals surface area contributed by atoms with Crippen LogP contribution in [0.3, 0.4) is 0 Å². The molecule has 0 N–H and O–H groups in total. The van der Waals surface area contributed by atoms with Crippen molar-refractivity contribution in [1.82, 2.24) is 0 Å². The first-order valence-electron chi connectivity index (χ1n) is 11.1. The molecule has 1 aromatic heterocycles. The lowest BCUT2D eigenvalue weighted by Crippen LogP contribution is -2.33. The number of hydrogen-bond donors (Lipinski definition) is 0. The van der Waals surface area contributed by atoms with Crippen molar-refractivity contribution >= 4 is 33.3 Å². The van der Waals surface area contributed by atoms with Crippen LogP contribution < -0.4 is 14.2 Å². The lowest BCUT2D eigenvalue weighted by molar-refractivity contribution is -0.665. The van der Waals surface area contributed by atoms with E-state index in [0.717, 1.165) is 18.8 Å². The predicted molar refractivity (Wildman–Crippen MR) is 133 cm³/mol. The molecule has 0 radical (unpaired) electrons. The van der Waals surface area contributed by atoms with Gasteiger partial charge in [0.1, 0.15) is 17.0 Å². The van der Waals surface area contributed by atoms with Crippen LogP contribution in [0.4, 0.5) is 5.69 Å². The number of rotatable bonds is 5. The minimum Gasteiger partial charge on any atom is -0.497 e. The minimum absolute atomic E-state index is 0.0132. The molecule has 4 heteroatoms. The second-order valence-corrected chi connectivity index (χ2v) is 9.89. The second-order valence-electron chi connectivity index (χ2n) is 8.83. The fourth-order valence-corrected chi connectivity index (χ4v) is 5.95. The normalized spacial score (nSPS) is 16.9. The van der Waals surface area contributed by atoms with Gasteiger partial charge in [-0.05, 0) is 57.0 Å². The van der Waals surface area contributed by atoms with Crippen LogP contribution in [-0.2, 0) is 12.0 Å². The van der Waals surface area contributed by atoms with Crippen LogP contribution in [0.2, 0.25) is 0 Å². The number of ether oxygens (including phenoxy) is 1. The SMILES string of the molecule is CCN1/C(=C/C(C)=C/c2sc3cc(OC)ccc3[n+]2CC)C(C)(C)c2cc(C)ccc21. The molecule has 4 rings (SSSR count). The third-order valence-electron chi connectivity index (χ3n) is 6.33. The summed E-state index contributed by atoms with van der Waals surface area (Å²) < 4.78 is 9.07. The van der Waals surface area contributed by atoms with Crippen molar-refractivity contribution in [3.63, 3.8) is 0 Å². The summed E-state index contributed by atoms with van der Waals surface area (Å²) in [6.45, 7) is 15.4. The van der Waals surface area contributed by atoms with Gasteiger partial charge in [-0.2, -0.15) is 4.57 Å². The maximum absolute atomic E-state index is 5.43. The van der Waals surface area contributed by atoms with Crippen LogP contribution in [0.25, 0.3) is 16.3 Å². The largest absolute Gasteiger partial charge is 0.497 e. The molecule has 0 aliphatic carbocycles. The summed E-state index contributed by atoms with van der Waals surface area (Å²) >= 11 is 1.82. The number of likely N-dealkylation sites (N-methyl/N-ethyl adjacent to an activating group) is 1. The number of methoxy groups -OCH3 is 1. The molecule has 3 nitrogen and oxygen atoms in total. The molecule has 0 saturated carbocycles. The Balaban J connectivity index is 1.79. The van der Waals surface area contributed by atoms with Crippen molar-refractivity contribution in [2.24, 2.45) is 0 Å². The Morgan fingerprint density at radius 1 is 1.16 bits per heavy atom. The summed E-state index contributed by atoms with van der Waals surface area (Å²) in [6, 6.07) is 13.2. The molecule has 162 valence electrons. The van der Waals surface area contributed by atoms with Crippen molar-refractivity contribution in [2.75, 3.05) is 18.6 Å². The Labute approximate surface area is 190 Å². The minimum atomic E-state index is -0.0132. The first-order valence-corrected chi connectivity index (χ1v) is 11.9. The van der Waals surface area contributed by atoms with Gasteiger partial charge in [0.15, 0.2) is 0 Å². The number of aryl methyl sites for hydroxylation is 2. The van der Waals surface area contributed by atoms with Crippen LogP contribution in [0.15, 0.2) is 53.7 Å². The molecule has 2 aromatic carbocycles. The zero-order valence-corrected chi connectivity index (χ0v) is 20.6. The first kappa shape index (κ1) is 21.6. The van der Waals surface area contributed by atoms with Gasteiger partial charge < -0.3 is 9.64 Å². The van der Waals surface area contributed by atoms with E-state index >= 15 is 0 Å². The predicted octanol–water partition coefficient (Wildman–Crippen LogP) is 6.63. The molecular weight excluding hydrogens is 400 g/mol. The number of allylic oxidation sites excluding steroid dienone is 3. The summed E-state index contributed by atoms with van der Waals surface area (Å²) in [5.41, 5.74) is 7.98. The molecule has 0 atom stereocenters. The molecule has 1 aliphatic heterocycles. The number of fused-ring (bicyclic) bond motifs is 2. The Morgan fingerprint density at radius 3 is 2.61 bits per heavy atom. The molecule has 0 spiro atoms. The van der Waals surface area contributed by atoms with Gasteiger partial charge in [-0.15, -0.1) is 0 Å². The molecule has 1 aliphatic rings. The molecule has 0 bridgehead atoms. The lowest BCUT2D eigenvalue weighted by atomic mass is 9.82. The average molecular weight is 434 g/mol. The van der Waals surface area contributed by atoms with Crippen molar-refractivity contribution < 1.29 is 9.30 Å². The topological polar surface area (TPSA) is 16.4 Å². The van der Waals surface area contributed by atoms with E-state index in [1.165, 1.54) is 43.3 Å². The van der Waals surface area contributed by atoms with Crippen molar-refractivity contribution in [3.8, 4) is 5.75 Å². The van der Waals surface area contributed by atoms with Crippen LogP contribution in [-0.4, -0.2) is 13.7 Å². The summed E-state index contributed by atoms with van der Waals surface area (Å²) in [4.78, 5) is 2.47. The Hall–Kier alpha value is -2.59. The van der Waals surface area contributed by atoms with E-state index < -0.39 is 0 Å². The van der Waals surface area contributed by atoms with E-state index in [0.29, 0.717) is 0 Å². The van der Waals surface area contributed by atoms with Gasteiger partial charge in [0.25, 0.3) is 5.01 Å². The zero-order chi connectivity index (χ0) is 22.3. The molecule has 0 amide bonds. The van der Waals surface area contributed by atoms with Gasteiger partial charge in [0, 0.05) is 41.6 Å². The molecular formula is C27H33N2OS+. The first-order chi connectivity index (χ1) is 14.8. The number of hydrogen-bond acceptors (Lipinski definition) is 3. The maximum atomic E-state index is 5.43. The van der Waals surface area contributed by atoms with Crippen molar-refractivity contribution in [3.05, 3.63) is 69.9 Å². The standard InChI is InChI=1S/C27H33N2OS/c1-8-28-22-12-10-18(3)14-21(22)27(5,6)25(28)15-19(4)16-26-29(9-2)23-13-11-20(30-7)17-24(23)31-26/h10-17H,8-9H2,1-7H3/q+1. The van der Waals surface area contributed by atoms with Crippen LogP contribution in [0, 0.1) is 6.92 Å². The Kier molecular flexibility index (Phi) is 5.69. The highest BCUT2D eigenvalue weighted by Crippen LogP contribution is 2.48. The highest BCUT2D eigenvalue weighted by molar-refractivity contribution is 7.18. The molecule has 0 saturated heterocycles. The van der Waals surface area contributed by atoms with Gasteiger partial charge >= 0.3 is 0 Å². The summed E-state index contributed by atoms with van der Waals surface area (Å²) in [6.07, 6.45) is 4.70.